The lowest BCUT2D eigenvalue weighted by molar-refractivity contribution is -0.144. The molecule has 0 aromatic carbocycles. The van der Waals surface area contributed by atoms with Crippen LogP contribution in [-0.4, -0.2) is 186 Å². The molecule has 77 heavy (non-hydrogen) atoms. The molecular formula is C47H84N16O13S. The van der Waals surface area contributed by atoms with Crippen LogP contribution in [-0.2, 0) is 57.5 Å². The van der Waals surface area contributed by atoms with Crippen molar-refractivity contribution in [2.24, 2.45) is 51.4 Å². The Morgan fingerprint density at radius 1 is 0.675 bits per heavy atom. The second-order valence-corrected chi connectivity index (χ2v) is 20.5. The van der Waals surface area contributed by atoms with Gasteiger partial charge in [-0.1, -0.05) is 48.0 Å². The number of rotatable bonds is 35. The average Bonchev–Trinajstić information content (AvgIpc) is 3.86. The van der Waals surface area contributed by atoms with E-state index in [2.05, 4.69) is 52.8 Å². The van der Waals surface area contributed by atoms with Crippen molar-refractivity contribution in [3.8, 4) is 0 Å². The van der Waals surface area contributed by atoms with Crippen LogP contribution in [0.4, 0.5) is 0 Å². The molecule has 436 valence electrons. The molecule has 10 unspecified atom stereocenters. The van der Waals surface area contributed by atoms with Crippen LogP contribution in [0.1, 0.15) is 99.8 Å². The summed E-state index contributed by atoms with van der Waals surface area (Å²) in [6, 6.07) is -11.4. The summed E-state index contributed by atoms with van der Waals surface area (Å²) >= 11 is 1.37. The number of aliphatic hydroxyl groups excluding tert-OH is 1. The standard InChI is InChI=1S/C47H84N16O13S/c1-9-25(6)37(62-43(73)30(18-23(2)3)56-35(67)21-54-40(70)31(22-64)60-39(69)26(7)55-34(66)20-48)46(76)63-16-11-13-32(63)44(74)61-36(24(4)5)45(75)58-28(14-17-77-8)42(72)57-27(12-10-15-53-47(51)52)41(71)59-29(38(50)68)19-33(49)65/h23-32,36-37,64H,9-22,48H2,1-8H3,(H2,49,65)(H2,50,68)(H,54,70)(H,55,66)(H,56,67)(H,57,72)(H,58,75)(H,59,71)(H,60,69)(H,61,74)(H,62,73)(H4,51,52,53). The van der Waals surface area contributed by atoms with Gasteiger partial charge in [0.25, 0.3) is 0 Å². The summed E-state index contributed by atoms with van der Waals surface area (Å²) in [5, 5.41) is 32.4. The largest absolute Gasteiger partial charge is 0.394 e. The monoisotopic (exact) mass is 1110 g/mol. The minimum atomic E-state index is -1.50. The van der Waals surface area contributed by atoms with E-state index in [1.54, 1.807) is 47.8 Å². The van der Waals surface area contributed by atoms with Gasteiger partial charge < -0.3 is 86.5 Å². The Hall–Kier alpha value is -6.82. The number of nitrogens with one attached hydrogen (secondary N) is 9. The van der Waals surface area contributed by atoms with E-state index in [-0.39, 0.29) is 63.6 Å². The molecule has 0 saturated carbocycles. The number of primary amides is 2. The maximum absolute atomic E-state index is 14.5. The molecule has 1 saturated heterocycles. The SMILES string of the molecule is CCC(C)C(NC(=O)C(CC(C)C)NC(=O)CNC(=O)C(CO)NC(=O)C(C)NC(=O)CN)C(=O)N1CCCC1C(=O)NC(C(=O)NC(CCSC)C(=O)NC(CCCN=C(N)N)C(=O)NC(CC(N)=O)C(N)=O)C(C)C. The third-order valence-electron chi connectivity index (χ3n) is 12.3. The summed E-state index contributed by atoms with van der Waals surface area (Å²) in [5.74, 6) is -10.6. The number of aliphatic hydroxyl groups is 1. The highest BCUT2D eigenvalue weighted by atomic mass is 32.2. The number of nitrogens with two attached hydrogens (primary N) is 5. The molecule has 1 aliphatic rings. The second kappa shape index (κ2) is 34.8. The van der Waals surface area contributed by atoms with E-state index < -0.39 is 157 Å². The van der Waals surface area contributed by atoms with Crippen molar-refractivity contribution < 1.29 is 62.6 Å². The third-order valence-corrected chi connectivity index (χ3v) is 12.9. The molecule has 12 amide bonds. The van der Waals surface area contributed by atoms with Gasteiger partial charge in [-0.15, -0.1) is 0 Å². The number of thioether (sulfide) groups is 1. The van der Waals surface area contributed by atoms with Crippen molar-refractivity contribution in [3.63, 3.8) is 0 Å². The number of carbonyl (C=O) groups excluding carboxylic acids is 12. The van der Waals surface area contributed by atoms with Gasteiger partial charge in [-0.05, 0) is 75.2 Å². The van der Waals surface area contributed by atoms with Crippen molar-refractivity contribution in [2.75, 3.05) is 44.8 Å². The summed E-state index contributed by atoms with van der Waals surface area (Å²) < 4.78 is 0. The highest BCUT2D eigenvalue weighted by Gasteiger charge is 2.42. The fraction of sp³-hybridized carbons (Fsp3) is 0.723. The van der Waals surface area contributed by atoms with E-state index in [1.807, 2.05) is 0 Å². The van der Waals surface area contributed by atoms with E-state index in [9.17, 15) is 62.6 Å². The summed E-state index contributed by atoms with van der Waals surface area (Å²) in [6.45, 7) is 10.1. The van der Waals surface area contributed by atoms with Crippen LogP contribution in [0.25, 0.3) is 0 Å². The third kappa shape index (κ3) is 24.4. The van der Waals surface area contributed by atoms with Crippen LogP contribution >= 0.6 is 11.8 Å². The highest BCUT2D eigenvalue weighted by molar-refractivity contribution is 7.98. The van der Waals surface area contributed by atoms with Gasteiger partial charge in [-0.25, -0.2) is 0 Å². The van der Waals surface area contributed by atoms with Gasteiger partial charge in [0, 0.05) is 13.1 Å². The lowest BCUT2D eigenvalue weighted by atomic mass is 9.95. The number of aliphatic imine (C=N–C) groups is 1. The number of guanidine groups is 1. The Labute approximate surface area is 453 Å². The molecule has 1 heterocycles. The topological polar surface area (TPSA) is 479 Å². The Kier molecular flexibility index (Phi) is 30.8. The van der Waals surface area contributed by atoms with E-state index >= 15 is 0 Å². The molecule has 1 fully saturated rings. The number of hydrogen-bond acceptors (Lipinski definition) is 16. The molecule has 0 bridgehead atoms. The first kappa shape index (κ1) is 68.2. The number of carbonyl (C=O) groups is 12. The molecule has 1 rings (SSSR count). The zero-order valence-corrected chi connectivity index (χ0v) is 46.2. The summed E-state index contributed by atoms with van der Waals surface area (Å²) in [7, 11) is 0. The minimum Gasteiger partial charge on any atom is -0.394 e. The van der Waals surface area contributed by atoms with E-state index in [4.69, 9.17) is 28.7 Å². The quantitative estimate of drug-likeness (QED) is 0.0160. The highest BCUT2D eigenvalue weighted by Crippen LogP contribution is 2.23. The van der Waals surface area contributed by atoms with Crippen molar-refractivity contribution in [1.82, 2.24) is 52.8 Å². The molecule has 30 heteroatoms. The molecule has 10 atom stereocenters. The van der Waals surface area contributed by atoms with Gasteiger partial charge in [0.05, 0.1) is 26.1 Å². The summed E-state index contributed by atoms with van der Waals surface area (Å²) in [4.78, 5) is 163. The lowest BCUT2D eigenvalue weighted by Gasteiger charge is -2.33. The van der Waals surface area contributed by atoms with Gasteiger partial charge in [-0.3, -0.25) is 62.5 Å². The molecule has 0 spiro atoms. The molecule has 0 aromatic heterocycles. The molecule has 0 aromatic rings. The van der Waals surface area contributed by atoms with Crippen LogP contribution in [0, 0.1) is 17.8 Å². The van der Waals surface area contributed by atoms with Crippen LogP contribution in [0.3, 0.4) is 0 Å². The van der Waals surface area contributed by atoms with Crippen LogP contribution < -0.4 is 76.5 Å². The predicted octanol–water partition coefficient (Wildman–Crippen LogP) is -6.14. The molecule has 29 nitrogen and oxygen atoms in total. The van der Waals surface area contributed by atoms with Gasteiger partial charge in [0.15, 0.2) is 5.96 Å². The first-order valence-electron chi connectivity index (χ1n) is 25.5. The van der Waals surface area contributed by atoms with Crippen LogP contribution in [0.15, 0.2) is 4.99 Å². The predicted molar refractivity (Wildman–Crippen MR) is 285 cm³/mol. The normalized spacial score (nSPS) is 16.6. The van der Waals surface area contributed by atoms with Crippen molar-refractivity contribution in [3.05, 3.63) is 0 Å². The fourth-order valence-corrected chi connectivity index (χ4v) is 8.28. The van der Waals surface area contributed by atoms with Crippen molar-refractivity contribution >= 4 is 88.6 Å². The summed E-state index contributed by atoms with van der Waals surface area (Å²) in [5.41, 5.74) is 26.7. The van der Waals surface area contributed by atoms with Crippen LogP contribution in [0.2, 0.25) is 0 Å². The first-order valence-corrected chi connectivity index (χ1v) is 26.9. The number of amides is 12. The molecule has 1 aliphatic heterocycles. The Morgan fingerprint density at radius 3 is 1.79 bits per heavy atom. The Morgan fingerprint density at radius 2 is 1.26 bits per heavy atom. The minimum absolute atomic E-state index is 0.0577. The van der Waals surface area contributed by atoms with Crippen molar-refractivity contribution in [2.45, 2.75) is 154 Å². The van der Waals surface area contributed by atoms with Gasteiger partial charge in [0.1, 0.15) is 54.4 Å². The van der Waals surface area contributed by atoms with Crippen LogP contribution in [0.5, 0.6) is 0 Å². The van der Waals surface area contributed by atoms with Crippen molar-refractivity contribution in [1.29, 1.82) is 0 Å². The summed E-state index contributed by atoms with van der Waals surface area (Å²) in [6.07, 6.45) is 2.46. The molecular weight excluding hydrogens is 1030 g/mol. The molecule has 0 radical (unpaired) electrons. The number of nitrogens with zero attached hydrogens (tertiary/aromatic N) is 2. The second-order valence-electron chi connectivity index (χ2n) is 19.5. The fourth-order valence-electron chi connectivity index (χ4n) is 7.81. The zero-order valence-electron chi connectivity index (χ0n) is 45.4. The van der Waals surface area contributed by atoms with E-state index in [0.717, 1.165) is 0 Å². The van der Waals surface area contributed by atoms with Gasteiger partial charge in [-0.2, -0.15) is 11.8 Å². The first-order chi connectivity index (χ1) is 36.1. The Balaban J connectivity index is 3.30. The van der Waals surface area contributed by atoms with Gasteiger partial charge in [0.2, 0.25) is 70.9 Å². The lowest BCUT2D eigenvalue weighted by Crippen LogP contribution is -2.61. The average molecular weight is 1110 g/mol. The van der Waals surface area contributed by atoms with Gasteiger partial charge >= 0.3 is 0 Å². The number of hydrogen-bond donors (Lipinski definition) is 15. The maximum Gasteiger partial charge on any atom is 0.246 e. The zero-order chi connectivity index (χ0) is 58.7. The molecule has 0 aliphatic carbocycles. The van der Waals surface area contributed by atoms with E-state index in [0.29, 0.717) is 18.6 Å². The number of likely N-dealkylation sites (tertiary alicyclic amines) is 1. The maximum atomic E-state index is 14.5. The smallest absolute Gasteiger partial charge is 0.246 e. The molecule has 20 N–H and O–H groups in total. The van der Waals surface area contributed by atoms with E-state index in [1.165, 1.54) is 23.6 Å². The Bertz CT molecular complexity index is 2100.